The van der Waals surface area contributed by atoms with Gasteiger partial charge in [0, 0.05) is 55.4 Å². The molecule has 11 rings (SSSR count). The zero-order valence-corrected chi connectivity index (χ0v) is 44.7. The van der Waals surface area contributed by atoms with Crippen LogP contribution in [0.25, 0.3) is 65.4 Å². The number of anilines is 6. The van der Waals surface area contributed by atoms with Gasteiger partial charge in [0.1, 0.15) is 22.3 Å². The Morgan fingerprint density at radius 1 is 0.375 bits per heavy atom. The van der Waals surface area contributed by atoms with Gasteiger partial charge in [0.25, 0.3) is 0 Å². The molecule has 0 saturated carbocycles. The van der Waals surface area contributed by atoms with E-state index in [9.17, 15) is 0 Å². The van der Waals surface area contributed by atoms with Gasteiger partial charge >= 0.3 is 0 Å². The highest BCUT2D eigenvalue weighted by Crippen LogP contribution is 2.50. The molecule has 0 spiro atoms. The number of hydrogen-bond acceptors (Lipinski definition) is 4. The first kappa shape index (κ1) is 47.0. The highest BCUT2D eigenvalue weighted by atomic mass is 16.3. The average molecular weight is 945 g/mol. The van der Waals surface area contributed by atoms with E-state index in [4.69, 9.17) is 8.83 Å². The second-order valence-electron chi connectivity index (χ2n) is 23.3. The fraction of sp³-hybridized carbons (Fsp3) is 0.265. The summed E-state index contributed by atoms with van der Waals surface area (Å²) in [6.07, 6.45) is 0. The maximum absolute atomic E-state index is 7.23. The van der Waals surface area contributed by atoms with Crippen molar-refractivity contribution in [3.63, 3.8) is 0 Å². The van der Waals surface area contributed by atoms with E-state index in [2.05, 4.69) is 252 Å². The zero-order chi connectivity index (χ0) is 50.7. The molecule has 2 heterocycles. The second-order valence-corrected chi connectivity index (χ2v) is 23.3. The van der Waals surface area contributed by atoms with E-state index < -0.39 is 0 Å². The van der Waals surface area contributed by atoms with Gasteiger partial charge in [0.2, 0.25) is 0 Å². The third kappa shape index (κ3) is 7.82. The molecule has 0 bridgehead atoms. The fourth-order valence-electron chi connectivity index (χ4n) is 11.5. The van der Waals surface area contributed by atoms with Crippen LogP contribution in [0.2, 0.25) is 0 Å². The quantitative estimate of drug-likeness (QED) is 0.152. The summed E-state index contributed by atoms with van der Waals surface area (Å²) in [6.45, 7) is 31.7. The van der Waals surface area contributed by atoms with Crippen molar-refractivity contribution >= 4 is 99.5 Å². The molecule has 11 aromatic rings. The van der Waals surface area contributed by atoms with Crippen molar-refractivity contribution in [1.29, 1.82) is 0 Å². The minimum Gasteiger partial charge on any atom is -0.456 e. The topological polar surface area (TPSA) is 32.8 Å². The molecule has 0 atom stereocenters. The minimum atomic E-state index is 0.0113. The zero-order valence-electron chi connectivity index (χ0n) is 44.7. The third-order valence-electron chi connectivity index (χ3n) is 15.2. The maximum atomic E-state index is 7.23. The Bertz CT molecular complexity index is 3660. The van der Waals surface area contributed by atoms with Crippen molar-refractivity contribution in [3.8, 4) is 0 Å². The Labute approximate surface area is 425 Å². The van der Waals surface area contributed by atoms with E-state index in [1.54, 1.807) is 0 Å². The van der Waals surface area contributed by atoms with Crippen LogP contribution in [-0.2, 0) is 10.8 Å². The summed E-state index contributed by atoms with van der Waals surface area (Å²) in [6, 6.07) is 54.3. The van der Waals surface area contributed by atoms with Gasteiger partial charge in [-0.1, -0.05) is 142 Å². The number of para-hydroxylation sites is 2. The summed E-state index contributed by atoms with van der Waals surface area (Å²) >= 11 is 0. The maximum Gasteiger partial charge on any atom is 0.140 e. The van der Waals surface area contributed by atoms with E-state index in [-0.39, 0.29) is 22.7 Å². The number of benzene rings is 9. The van der Waals surface area contributed by atoms with Gasteiger partial charge in [-0.3, -0.25) is 0 Å². The molecular formula is C68H68N2O2. The summed E-state index contributed by atoms with van der Waals surface area (Å²) in [7, 11) is 0. The van der Waals surface area contributed by atoms with E-state index in [0.717, 1.165) is 77.4 Å². The molecule has 0 N–H and O–H groups in total. The minimum absolute atomic E-state index is 0.0113. The lowest BCUT2D eigenvalue weighted by Crippen LogP contribution is -2.15. The van der Waals surface area contributed by atoms with E-state index in [1.165, 1.54) is 66.7 Å². The van der Waals surface area contributed by atoms with Crippen LogP contribution in [0.5, 0.6) is 0 Å². The average Bonchev–Trinajstić information content (AvgIpc) is 3.87. The molecule has 362 valence electrons. The summed E-state index contributed by atoms with van der Waals surface area (Å²) in [5.74, 6) is 0.336. The van der Waals surface area contributed by atoms with E-state index in [0.29, 0.717) is 0 Å². The number of fused-ring (bicyclic) bond motifs is 8. The SMILES string of the molecule is Cc1cccc(C)c1N(c1cccc(C(C)(C)C)c1)c1ccc2cc3c(cc2c1)oc1c(C(C)C)c2c(oc4cc5cc(N(c6cccc(C(C)(C)C)c6)c6c(C)cccc6C)ccc5cc42)c(C(C)C)c13. The summed E-state index contributed by atoms with van der Waals surface area (Å²) < 4.78 is 14.5. The van der Waals surface area contributed by atoms with Gasteiger partial charge in [-0.05, 0) is 178 Å². The van der Waals surface area contributed by atoms with Crippen LogP contribution in [0.3, 0.4) is 0 Å². The van der Waals surface area contributed by atoms with Crippen molar-refractivity contribution in [2.75, 3.05) is 9.80 Å². The molecule has 0 aliphatic carbocycles. The van der Waals surface area contributed by atoms with Crippen LogP contribution >= 0.6 is 0 Å². The number of aryl methyl sites for hydroxylation is 4. The van der Waals surface area contributed by atoms with Gasteiger partial charge in [-0.15, -0.1) is 0 Å². The van der Waals surface area contributed by atoms with Crippen LogP contribution < -0.4 is 9.80 Å². The van der Waals surface area contributed by atoms with Crippen molar-refractivity contribution in [2.45, 2.75) is 120 Å². The Kier molecular flexibility index (Phi) is 11.2. The summed E-state index contributed by atoms with van der Waals surface area (Å²) in [5.41, 5.74) is 20.6. The molecule has 0 saturated heterocycles. The molecule has 0 aliphatic heterocycles. The summed E-state index contributed by atoms with van der Waals surface area (Å²) in [5, 5.41) is 9.18. The van der Waals surface area contributed by atoms with Gasteiger partial charge < -0.3 is 18.6 Å². The van der Waals surface area contributed by atoms with Crippen LogP contribution in [0, 0.1) is 27.7 Å². The molecule has 0 radical (unpaired) electrons. The van der Waals surface area contributed by atoms with Gasteiger partial charge in [-0.2, -0.15) is 0 Å². The lowest BCUT2D eigenvalue weighted by atomic mass is 9.86. The smallest absolute Gasteiger partial charge is 0.140 e. The molecule has 4 heteroatoms. The fourth-order valence-corrected chi connectivity index (χ4v) is 11.5. The van der Waals surface area contributed by atoms with Crippen molar-refractivity contribution < 1.29 is 8.83 Å². The Balaban J connectivity index is 1.10. The number of hydrogen-bond donors (Lipinski definition) is 0. The first-order valence-corrected chi connectivity index (χ1v) is 26.0. The molecule has 4 nitrogen and oxygen atoms in total. The second kappa shape index (κ2) is 17.2. The van der Waals surface area contributed by atoms with Gasteiger partial charge in [0.05, 0.1) is 11.4 Å². The summed E-state index contributed by atoms with van der Waals surface area (Å²) in [4.78, 5) is 4.87. The number of rotatable bonds is 8. The molecule has 72 heavy (non-hydrogen) atoms. The molecule has 2 aromatic heterocycles. The van der Waals surface area contributed by atoms with Crippen molar-refractivity contribution in [1.82, 2.24) is 0 Å². The van der Waals surface area contributed by atoms with Gasteiger partial charge in [-0.25, -0.2) is 0 Å². The van der Waals surface area contributed by atoms with Crippen LogP contribution in [-0.4, -0.2) is 0 Å². The standard InChI is InChI=1S/C68H68N2O2/c1-39(2)59-61-55-33-45-27-29-53(69(63-41(5)19-15-20-42(63)6)51-25-17-23-49(37-51)67(9,10)11)31-47(45)35-57(55)72-66(61)60(40(3)4)62-56-34-46-28-30-54(32-48(46)36-58(56)71-65(59)62)70(64-43(7)21-16-22-44(64)8)52-26-18-24-50(38-52)68(12,13)14/h15-40H,1-14H3. The lowest BCUT2D eigenvalue weighted by Gasteiger charge is -2.30. The van der Waals surface area contributed by atoms with E-state index >= 15 is 0 Å². The van der Waals surface area contributed by atoms with Gasteiger partial charge in [0.15, 0.2) is 0 Å². The number of furan rings is 2. The van der Waals surface area contributed by atoms with Crippen LogP contribution in [0.4, 0.5) is 34.1 Å². The van der Waals surface area contributed by atoms with E-state index in [1.807, 2.05) is 0 Å². The largest absolute Gasteiger partial charge is 0.456 e. The molecule has 0 aliphatic rings. The normalized spacial score (nSPS) is 12.6. The monoisotopic (exact) mass is 945 g/mol. The predicted molar refractivity (Wildman–Crippen MR) is 310 cm³/mol. The first-order valence-electron chi connectivity index (χ1n) is 26.0. The molecule has 0 fully saturated rings. The van der Waals surface area contributed by atoms with Crippen molar-refractivity contribution in [3.05, 3.63) is 190 Å². The lowest BCUT2D eigenvalue weighted by molar-refractivity contribution is 0.590. The molecule has 0 amide bonds. The Morgan fingerprint density at radius 2 is 0.722 bits per heavy atom. The molecule has 9 aromatic carbocycles. The Hall–Kier alpha value is -7.30. The Morgan fingerprint density at radius 3 is 1.07 bits per heavy atom. The van der Waals surface area contributed by atoms with Crippen LogP contribution in [0.1, 0.15) is 126 Å². The highest BCUT2D eigenvalue weighted by molar-refractivity contribution is 6.22. The number of nitrogens with zero attached hydrogens (tertiary/aromatic N) is 2. The van der Waals surface area contributed by atoms with Crippen LogP contribution in [0.15, 0.2) is 154 Å². The third-order valence-corrected chi connectivity index (χ3v) is 15.2. The van der Waals surface area contributed by atoms with Crippen molar-refractivity contribution in [2.24, 2.45) is 0 Å². The molecule has 0 unspecified atom stereocenters. The molecular weight excluding hydrogens is 877 g/mol. The highest BCUT2D eigenvalue weighted by Gasteiger charge is 2.29. The predicted octanol–water partition coefficient (Wildman–Crippen LogP) is 20.8. The first-order chi connectivity index (χ1) is 34.3.